The van der Waals surface area contributed by atoms with E-state index in [4.69, 9.17) is 17.3 Å². The average Bonchev–Trinajstić information content (AvgIpc) is 2.40. The third kappa shape index (κ3) is 2.13. The number of nitrogens with zero attached hydrogens (tertiary/aromatic N) is 1. The summed E-state index contributed by atoms with van der Waals surface area (Å²) in [6.45, 7) is 0. The molecule has 0 aromatic heterocycles. The third-order valence-corrected chi connectivity index (χ3v) is 3.42. The zero-order chi connectivity index (χ0) is 13.4. The number of rotatable bonds is 1. The van der Waals surface area contributed by atoms with Crippen LogP contribution in [0.25, 0.3) is 0 Å². The van der Waals surface area contributed by atoms with Crippen LogP contribution in [0.5, 0.6) is 0 Å². The van der Waals surface area contributed by atoms with Gasteiger partial charge in [0.25, 0.3) is 0 Å². The lowest BCUT2D eigenvalue weighted by Crippen LogP contribution is -2.15. The second-order valence-electron chi connectivity index (χ2n) is 4.41. The minimum atomic E-state index is 0.0206. The molecule has 3 nitrogen and oxygen atoms in total. The highest BCUT2D eigenvalue weighted by atomic mass is 35.5. The number of benzene rings is 2. The van der Waals surface area contributed by atoms with Crippen LogP contribution in [-0.2, 0) is 0 Å². The Hall–Kier alpha value is -2.13. The van der Waals surface area contributed by atoms with Crippen LogP contribution in [-0.4, -0.2) is 11.5 Å². The number of aliphatic imine (C=N–C) groups is 1. The van der Waals surface area contributed by atoms with Crippen molar-refractivity contribution >= 4 is 34.5 Å². The second-order valence-corrected chi connectivity index (χ2v) is 4.82. The zero-order valence-electron chi connectivity index (χ0n) is 10.1. The Morgan fingerprint density at radius 1 is 1.11 bits per heavy atom. The van der Waals surface area contributed by atoms with E-state index in [9.17, 15) is 4.79 Å². The van der Waals surface area contributed by atoms with Gasteiger partial charge in [0.05, 0.1) is 17.8 Å². The molecular weight excluding hydrogens is 260 g/mol. The van der Waals surface area contributed by atoms with E-state index in [-0.39, 0.29) is 12.2 Å². The summed E-state index contributed by atoms with van der Waals surface area (Å²) in [5, 5.41) is 0.605. The van der Waals surface area contributed by atoms with Gasteiger partial charge in [0.15, 0.2) is 5.78 Å². The quantitative estimate of drug-likeness (QED) is 0.805. The monoisotopic (exact) mass is 270 g/mol. The first-order valence-corrected chi connectivity index (χ1v) is 6.28. The van der Waals surface area contributed by atoms with Crippen molar-refractivity contribution in [2.45, 2.75) is 6.42 Å². The van der Waals surface area contributed by atoms with Gasteiger partial charge in [0.2, 0.25) is 0 Å². The standard InChI is InChI=1S/C15H11ClN2O/c16-12-4-2-1-3-10(12)14-8-15(19)11-7-9(17)5-6-13(11)18-14/h1-7H,8,17H2. The number of carbonyl (C=O) groups is 1. The van der Waals surface area contributed by atoms with Crippen LogP contribution in [0.2, 0.25) is 5.02 Å². The van der Waals surface area contributed by atoms with Crippen molar-refractivity contribution in [1.29, 1.82) is 0 Å². The van der Waals surface area contributed by atoms with E-state index in [1.807, 2.05) is 18.2 Å². The first-order valence-electron chi connectivity index (χ1n) is 5.90. The Balaban J connectivity index is 2.14. The summed E-state index contributed by atoms with van der Waals surface area (Å²) in [6, 6.07) is 12.6. The fourth-order valence-corrected chi connectivity index (χ4v) is 2.40. The summed E-state index contributed by atoms with van der Waals surface area (Å²) in [6.07, 6.45) is 0.250. The van der Waals surface area contributed by atoms with E-state index in [0.29, 0.717) is 27.7 Å². The molecule has 0 fully saturated rings. The van der Waals surface area contributed by atoms with Gasteiger partial charge in [-0.25, -0.2) is 0 Å². The molecule has 2 aromatic carbocycles. The fourth-order valence-electron chi connectivity index (χ4n) is 2.16. The van der Waals surface area contributed by atoms with Gasteiger partial charge >= 0.3 is 0 Å². The van der Waals surface area contributed by atoms with Gasteiger partial charge in [-0.3, -0.25) is 9.79 Å². The average molecular weight is 271 g/mol. The number of fused-ring (bicyclic) bond motifs is 1. The lowest BCUT2D eigenvalue weighted by Gasteiger charge is -2.16. The lowest BCUT2D eigenvalue weighted by molar-refractivity contribution is 0.1000. The van der Waals surface area contributed by atoms with Gasteiger partial charge in [-0.2, -0.15) is 0 Å². The fraction of sp³-hybridized carbons (Fsp3) is 0.0667. The minimum Gasteiger partial charge on any atom is -0.399 e. The SMILES string of the molecule is Nc1ccc2c(c1)C(=O)CC(c1ccccc1Cl)=N2. The van der Waals surface area contributed by atoms with Crippen molar-refractivity contribution < 1.29 is 4.79 Å². The highest BCUT2D eigenvalue weighted by Crippen LogP contribution is 2.30. The first kappa shape index (κ1) is 11.9. The summed E-state index contributed by atoms with van der Waals surface area (Å²) in [4.78, 5) is 16.7. The molecule has 3 rings (SSSR count). The van der Waals surface area contributed by atoms with Crippen LogP contribution in [0.4, 0.5) is 11.4 Å². The Bertz CT molecular complexity index is 707. The molecular formula is C15H11ClN2O. The molecule has 94 valence electrons. The van der Waals surface area contributed by atoms with Gasteiger partial charge in [0.1, 0.15) is 0 Å². The number of nitrogen functional groups attached to an aromatic ring is 1. The predicted octanol–water partition coefficient (Wildman–Crippen LogP) is 3.63. The number of anilines is 1. The molecule has 1 heterocycles. The Morgan fingerprint density at radius 2 is 1.89 bits per heavy atom. The van der Waals surface area contributed by atoms with Gasteiger partial charge in [-0.15, -0.1) is 0 Å². The molecule has 0 saturated carbocycles. The molecule has 0 saturated heterocycles. The number of hydrogen-bond acceptors (Lipinski definition) is 3. The smallest absolute Gasteiger partial charge is 0.171 e. The van der Waals surface area contributed by atoms with Crippen LogP contribution in [0, 0.1) is 0 Å². The van der Waals surface area contributed by atoms with Crippen LogP contribution >= 0.6 is 11.6 Å². The van der Waals surface area contributed by atoms with Crippen LogP contribution in [0.3, 0.4) is 0 Å². The first-order chi connectivity index (χ1) is 9.15. The number of carbonyl (C=O) groups excluding carboxylic acids is 1. The van der Waals surface area contributed by atoms with Gasteiger partial charge in [-0.1, -0.05) is 29.8 Å². The number of hydrogen-bond donors (Lipinski definition) is 1. The summed E-state index contributed by atoms with van der Waals surface area (Å²) in [5.74, 6) is 0.0206. The summed E-state index contributed by atoms with van der Waals surface area (Å²) < 4.78 is 0. The topological polar surface area (TPSA) is 55.5 Å². The molecule has 0 atom stereocenters. The molecule has 0 bridgehead atoms. The Labute approximate surface area is 115 Å². The molecule has 4 heteroatoms. The van der Waals surface area contributed by atoms with Crippen molar-refractivity contribution in [3.8, 4) is 0 Å². The molecule has 0 amide bonds. The number of nitrogens with two attached hydrogens (primary N) is 1. The number of halogens is 1. The molecule has 2 aromatic rings. The molecule has 1 aliphatic rings. The third-order valence-electron chi connectivity index (χ3n) is 3.09. The molecule has 0 aliphatic carbocycles. The lowest BCUT2D eigenvalue weighted by atomic mass is 9.96. The summed E-state index contributed by atoms with van der Waals surface area (Å²) in [7, 11) is 0. The summed E-state index contributed by atoms with van der Waals surface area (Å²) in [5.41, 5.74) is 9.00. The van der Waals surface area contributed by atoms with Gasteiger partial charge < -0.3 is 5.73 Å². The maximum Gasteiger partial charge on any atom is 0.171 e. The maximum absolute atomic E-state index is 12.2. The van der Waals surface area contributed by atoms with E-state index in [2.05, 4.69) is 4.99 Å². The molecule has 19 heavy (non-hydrogen) atoms. The highest BCUT2D eigenvalue weighted by molar-refractivity contribution is 6.35. The van der Waals surface area contributed by atoms with Crippen LogP contribution < -0.4 is 5.73 Å². The van der Waals surface area contributed by atoms with Gasteiger partial charge in [-0.05, 0) is 24.3 Å². The largest absolute Gasteiger partial charge is 0.399 e. The van der Waals surface area contributed by atoms with Crippen LogP contribution in [0.1, 0.15) is 22.3 Å². The highest BCUT2D eigenvalue weighted by Gasteiger charge is 2.22. The van der Waals surface area contributed by atoms with E-state index in [1.165, 1.54) is 0 Å². The Morgan fingerprint density at radius 3 is 2.68 bits per heavy atom. The van der Waals surface area contributed by atoms with Gasteiger partial charge in [0, 0.05) is 21.8 Å². The van der Waals surface area contributed by atoms with E-state index < -0.39 is 0 Å². The van der Waals surface area contributed by atoms with E-state index >= 15 is 0 Å². The van der Waals surface area contributed by atoms with E-state index in [1.54, 1.807) is 24.3 Å². The van der Waals surface area contributed by atoms with Crippen molar-refractivity contribution in [2.75, 3.05) is 5.73 Å². The molecule has 2 N–H and O–H groups in total. The van der Waals surface area contributed by atoms with Crippen molar-refractivity contribution in [3.05, 3.63) is 58.6 Å². The number of Topliss-reactive ketones (excluding diaryl/α,β-unsaturated/α-hetero) is 1. The number of ketones is 1. The molecule has 0 unspecified atom stereocenters. The van der Waals surface area contributed by atoms with Crippen molar-refractivity contribution in [3.63, 3.8) is 0 Å². The summed E-state index contributed by atoms with van der Waals surface area (Å²) >= 11 is 6.15. The van der Waals surface area contributed by atoms with Crippen LogP contribution in [0.15, 0.2) is 47.5 Å². The second kappa shape index (κ2) is 4.52. The van der Waals surface area contributed by atoms with E-state index in [0.717, 1.165) is 5.56 Å². The molecule has 1 aliphatic heterocycles. The van der Waals surface area contributed by atoms with Crippen molar-refractivity contribution in [1.82, 2.24) is 0 Å². The maximum atomic E-state index is 12.2. The normalized spacial score (nSPS) is 13.9. The van der Waals surface area contributed by atoms with Crippen molar-refractivity contribution in [2.24, 2.45) is 4.99 Å². The molecule has 0 radical (unpaired) electrons. The molecule has 0 spiro atoms. The minimum absolute atomic E-state index is 0.0206. The predicted molar refractivity (Wildman–Crippen MR) is 77.5 cm³/mol. The Kier molecular flexibility index (Phi) is 2.84. The zero-order valence-corrected chi connectivity index (χ0v) is 10.8.